The predicted molar refractivity (Wildman–Crippen MR) is 102 cm³/mol. The van der Waals surface area contributed by atoms with E-state index in [-0.39, 0.29) is 11.9 Å². The molecule has 0 saturated carbocycles. The van der Waals surface area contributed by atoms with Gasteiger partial charge in [0.05, 0.1) is 28.9 Å². The van der Waals surface area contributed by atoms with Crippen LogP contribution in [0.3, 0.4) is 0 Å². The van der Waals surface area contributed by atoms with Gasteiger partial charge >= 0.3 is 0 Å². The molecule has 1 atom stereocenters. The summed E-state index contributed by atoms with van der Waals surface area (Å²) in [5, 5.41) is 1.02. The molecule has 2 rings (SSSR count). The number of benzene rings is 1. The highest BCUT2D eigenvalue weighted by Crippen LogP contribution is 2.29. The summed E-state index contributed by atoms with van der Waals surface area (Å²) in [5.41, 5.74) is 8.11. The lowest BCUT2D eigenvalue weighted by atomic mass is 10.1. The van der Waals surface area contributed by atoms with Gasteiger partial charge in [-0.25, -0.2) is 4.98 Å². The highest BCUT2D eigenvalue weighted by Gasteiger charge is 2.24. The molecule has 0 aliphatic carbocycles. The third kappa shape index (κ3) is 4.58. The van der Waals surface area contributed by atoms with Gasteiger partial charge in [0.25, 0.3) is 5.91 Å². The van der Waals surface area contributed by atoms with Gasteiger partial charge in [-0.2, -0.15) is 0 Å². The normalized spacial score (nSPS) is 12.1. The lowest BCUT2D eigenvalue weighted by Gasteiger charge is -2.25. The molecule has 0 radical (unpaired) electrons. The van der Waals surface area contributed by atoms with Crippen LogP contribution in [0.25, 0.3) is 0 Å². The van der Waals surface area contributed by atoms with Crippen molar-refractivity contribution in [1.29, 1.82) is 0 Å². The molecule has 0 fully saturated rings. The van der Waals surface area contributed by atoms with E-state index < -0.39 is 0 Å². The van der Waals surface area contributed by atoms with Crippen LogP contribution >= 0.6 is 11.3 Å². The molecule has 1 amide bonds. The minimum absolute atomic E-state index is 0.0692. The molecule has 1 aromatic carbocycles. The molecule has 0 saturated heterocycles. The first-order valence-corrected chi connectivity index (χ1v) is 9.31. The molecular weight excluding hydrogens is 334 g/mol. The van der Waals surface area contributed by atoms with E-state index in [0.717, 1.165) is 27.6 Å². The Morgan fingerprint density at radius 1 is 1.36 bits per heavy atom. The smallest absolute Gasteiger partial charge is 0.257 e. The van der Waals surface area contributed by atoms with Gasteiger partial charge in [-0.15, -0.1) is 11.3 Å². The van der Waals surface area contributed by atoms with Crippen molar-refractivity contribution in [2.24, 2.45) is 5.73 Å². The van der Waals surface area contributed by atoms with Gasteiger partial charge in [0.15, 0.2) is 0 Å². The topological polar surface area (TPSA) is 68.5 Å². The van der Waals surface area contributed by atoms with Crippen molar-refractivity contribution in [3.8, 4) is 5.75 Å². The molecule has 136 valence electrons. The van der Waals surface area contributed by atoms with Gasteiger partial charge in [0, 0.05) is 11.9 Å². The largest absolute Gasteiger partial charge is 0.493 e. The summed E-state index contributed by atoms with van der Waals surface area (Å²) in [5.74, 6) is 0.545. The van der Waals surface area contributed by atoms with Crippen LogP contribution in [0.4, 0.5) is 0 Å². The minimum Gasteiger partial charge on any atom is -0.493 e. The summed E-state index contributed by atoms with van der Waals surface area (Å²) < 4.78 is 5.80. The van der Waals surface area contributed by atoms with Gasteiger partial charge in [-0.1, -0.05) is 6.07 Å². The fraction of sp³-hybridized carbons (Fsp3) is 0.474. The third-order valence-corrected chi connectivity index (χ3v) is 5.11. The number of carbonyl (C=O) groups is 1. The molecule has 0 aliphatic rings. The Bertz CT molecular complexity index is 742. The number of nitrogens with two attached hydrogens (primary N) is 1. The van der Waals surface area contributed by atoms with Crippen LogP contribution < -0.4 is 10.5 Å². The highest BCUT2D eigenvalue weighted by molar-refractivity contribution is 7.11. The van der Waals surface area contributed by atoms with Gasteiger partial charge in [-0.3, -0.25) is 4.79 Å². The Morgan fingerprint density at radius 3 is 2.68 bits per heavy atom. The van der Waals surface area contributed by atoms with Crippen LogP contribution in [0.5, 0.6) is 5.75 Å². The number of nitrogens with zero attached hydrogens (tertiary/aromatic N) is 2. The lowest BCUT2D eigenvalue weighted by Crippen LogP contribution is -2.30. The molecule has 1 unspecified atom stereocenters. The highest BCUT2D eigenvalue weighted by atomic mass is 32.1. The number of aromatic nitrogens is 1. The standard InChI is InChI=1S/C19H27N3O2S/c1-12-7-8-16(17(11-12)24-10-6-9-20)19(23)22(5)13(2)18-14(3)25-15(4)21-18/h7-8,11,13H,6,9-10,20H2,1-5H3. The number of hydrogen-bond donors (Lipinski definition) is 1. The zero-order valence-corrected chi connectivity index (χ0v) is 16.4. The molecule has 6 heteroatoms. The quantitative estimate of drug-likeness (QED) is 0.765. The van der Waals surface area contributed by atoms with Crippen molar-refractivity contribution in [2.75, 3.05) is 20.2 Å². The molecular formula is C19H27N3O2S. The SMILES string of the molecule is Cc1ccc(C(=O)N(C)C(C)c2nc(C)sc2C)c(OCCCN)c1. The summed E-state index contributed by atoms with van der Waals surface area (Å²) in [4.78, 5) is 20.5. The maximum absolute atomic E-state index is 13.0. The average Bonchev–Trinajstić information content (AvgIpc) is 2.91. The molecule has 5 nitrogen and oxygen atoms in total. The second kappa shape index (κ2) is 8.45. The fourth-order valence-electron chi connectivity index (χ4n) is 2.67. The lowest BCUT2D eigenvalue weighted by molar-refractivity contribution is 0.0735. The summed E-state index contributed by atoms with van der Waals surface area (Å²) in [6.07, 6.45) is 0.755. The van der Waals surface area contributed by atoms with Gasteiger partial charge in [0.2, 0.25) is 0 Å². The van der Waals surface area contributed by atoms with E-state index in [2.05, 4.69) is 4.98 Å². The number of aryl methyl sites for hydroxylation is 3. The van der Waals surface area contributed by atoms with E-state index in [1.165, 1.54) is 0 Å². The van der Waals surface area contributed by atoms with E-state index in [0.29, 0.717) is 24.5 Å². The van der Waals surface area contributed by atoms with Crippen molar-refractivity contribution in [2.45, 2.75) is 40.2 Å². The number of carbonyl (C=O) groups excluding carboxylic acids is 1. The summed E-state index contributed by atoms with van der Waals surface area (Å²) in [6, 6.07) is 5.56. The zero-order chi connectivity index (χ0) is 18.6. The van der Waals surface area contributed by atoms with E-state index in [1.54, 1.807) is 16.2 Å². The van der Waals surface area contributed by atoms with Gasteiger partial charge in [-0.05, 0) is 58.4 Å². The Hall–Kier alpha value is -1.92. The molecule has 1 heterocycles. The number of rotatable bonds is 7. The summed E-state index contributed by atoms with van der Waals surface area (Å²) >= 11 is 1.66. The molecule has 0 spiro atoms. The number of amides is 1. The minimum atomic E-state index is -0.101. The van der Waals surface area contributed by atoms with Crippen molar-refractivity contribution in [1.82, 2.24) is 9.88 Å². The molecule has 2 N–H and O–H groups in total. The fourth-order valence-corrected chi connectivity index (χ4v) is 3.58. The van der Waals surface area contributed by atoms with Gasteiger partial charge in [0.1, 0.15) is 5.75 Å². The predicted octanol–water partition coefficient (Wildman–Crippen LogP) is 3.63. The zero-order valence-electron chi connectivity index (χ0n) is 15.6. The van der Waals surface area contributed by atoms with E-state index in [4.69, 9.17) is 10.5 Å². The molecule has 25 heavy (non-hydrogen) atoms. The maximum Gasteiger partial charge on any atom is 0.257 e. The first kappa shape index (κ1) is 19.4. The van der Waals surface area contributed by atoms with E-state index in [9.17, 15) is 4.79 Å². The maximum atomic E-state index is 13.0. The van der Waals surface area contributed by atoms with Crippen LogP contribution in [0.2, 0.25) is 0 Å². The Balaban J connectivity index is 2.25. The van der Waals surface area contributed by atoms with E-state index >= 15 is 0 Å². The van der Waals surface area contributed by atoms with Crippen LogP contribution in [0.15, 0.2) is 18.2 Å². The van der Waals surface area contributed by atoms with Crippen LogP contribution in [0.1, 0.15) is 50.9 Å². The van der Waals surface area contributed by atoms with Gasteiger partial charge < -0.3 is 15.4 Å². The Morgan fingerprint density at radius 2 is 2.08 bits per heavy atom. The first-order valence-electron chi connectivity index (χ1n) is 8.49. The van der Waals surface area contributed by atoms with Crippen LogP contribution in [0, 0.1) is 20.8 Å². The molecule has 1 aromatic heterocycles. The van der Waals surface area contributed by atoms with Crippen LogP contribution in [-0.2, 0) is 0 Å². The summed E-state index contributed by atoms with van der Waals surface area (Å²) in [7, 11) is 1.81. The van der Waals surface area contributed by atoms with Crippen LogP contribution in [-0.4, -0.2) is 36.0 Å². The first-order chi connectivity index (χ1) is 11.8. The molecule has 0 aliphatic heterocycles. The van der Waals surface area contributed by atoms with Crippen molar-refractivity contribution >= 4 is 17.2 Å². The van der Waals surface area contributed by atoms with Crippen molar-refractivity contribution in [3.05, 3.63) is 44.9 Å². The van der Waals surface area contributed by atoms with E-state index in [1.807, 2.05) is 52.9 Å². The Labute approximate surface area is 153 Å². The number of thiazole rings is 1. The molecule has 2 aromatic rings. The average molecular weight is 362 g/mol. The van der Waals surface area contributed by atoms with Crippen molar-refractivity contribution < 1.29 is 9.53 Å². The second-order valence-electron chi connectivity index (χ2n) is 6.26. The number of hydrogen-bond acceptors (Lipinski definition) is 5. The molecule has 0 bridgehead atoms. The Kier molecular flexibility index (Phi) is 6.56. The monoisotopic (exact) mass is 361 g/mol. The summed E-state index contributed by atoms with van der Waals surface area (Å²) in [6.45, 7) is 9.08. The second-order valence-corrected chi connectivity index (χ2v) is 7.66. The van der Waals surface area contributed by atoms with Crippen molar-refractivity contribution in [3.63, 3.8) is 0 Å². The third-order valence-electron chi connectivity index (χ3n) is 4.21. The number of ether oxygens (including phenoxy) is 1.